The maximum atomic E-state index is 12.4. The lowest BCUT2D eigenvalue weighted by atomic mass is 9.81. The molecule has 5 heteroatoms. The number of carbonyl (C=O) groups excluding carboxylic acids is 1. The molecule has 5 nitrogen and oxygen atoms in total. The van der Waals surface area contributed by atoms with E-state index in [-0.39, 0.29) is 5.60 Å². The van der Waals surface area contributed by atoms with E-state index in [0.29, 0.717) is 17.9 Å². The van der Waals surface area contributed by atoms with Crippen LogP contribution in [0.4, 0.5) is 5.69 Å². The Morgan fingerprint density at radius 3 is 2.32 bits per heavy atom. The van der Waals surface area contributed by atoms with Crippen LogP contribution in [0.5, 0.6) is 0 Å². The number of hydrogen-bond donors (Lipinski definition) is 0. The fraction of sp³-hybridized carbons (Fsp3) is 0.696. The summed E-state index contributed by atoms with van der Waals surface area (Å²) in [5, 5.41) is 0. The average Bonchev–Trinajstić information content (AvgIpc) is 3.60. The summed E-state index contributed by atoms with van der Waals surface area (Å²) in [6.07, 6.45) is 6.54. The van der Waals surface area contributed by atoms with Gasteiger partial charge in [-0.2, -0.15) is 0 Å². The summed E-state index contributed by atoms with van der Waals surface area (Å²) in [7, 11) is 0. The van der Waals surface area contributed by atoms with Crippen molar-refractivity contribution in [2.75, 3.05) is 50.8 Å². The van der Waals surface area contributed by atoms with Crippen LogP contribution >= 0.6 is 0 Å². The highest BCUT2D eigenvalue weighted by molar-refractivity contribution is 5.81. The first kappa shape index (κ1) is 18.4. The molecule has 1 aromatic carbocycles. The first-order chi connectivity index (χ1) is 13.7. The molecule has 5 rings (SSSR count). The van der Waals surface area contributed by atoms with Crippen LogP contribution in [0.15, 0.2) is 30.3 Å². The Kier molecular flexibility index (Phi) is 5.06. The molecule has 152 valence electrons. The van der Waals surface area contributed by atoms with Crippen molar-refractivity contribution in [2.24, 2.45) is 5.92 Å². The molecule has 0 N–H and O–H groups in total. The van der Waals surface area contributed by atoms with E-state index in [1.54, 1.807) is 0 Å². The van der Waals surface area contributed by atoms with Crippen molar-refractivity contribution < 1.29 is 9.53 Å². The molecule has 1 atom stereocenters. The van der Waals surface area contributed by atoms with Gasteiger partial charge in [0.2, 0.25) is 5.91 Å². The maximum Gasteiger partial charge on any atom is 0.225 e. The van der Waals surface area contributed by atoms with Gasteiger partial charge in [0.15, 0.2) is 0 Å². The molecule has 4 fully saturated rings. The second-order valence-corrected chi connectivity index (χ2v) is 9.14. The number of carbonyl (C=O) groups is 1. The smallest absolute Gasteiger partial charge is 0.225 e. The van der Waals surface area contributed by atoms with Gasteiger partial charge in [0.1, 0.15) is 0 Å². The maximum absolute atomic E-state index is 12.4. The summed E-state index contributed by atoms with van der Waals surface area (Å²) in [5.74, 6) is 0.745. The van der Waals surface area contributed by atoms with Crippen LogP contribution < -0.4 is 4.90 Å². The van der Waals surface area contributed by atoms with E-state index in [1.807, 2.05) is 0 Å². The number of ether oxygens (including phenoxy) is 1. The molecule has 0 unspecified atom stereocenters. The minimum Gasteiger partial charge on any atom is -0.375 e. The Labute approximate surface area is 168 Å². The Hall–Kier alpha value is -1.59. The van der Waals surface area contributed by atoms with E-state index >= 15 is 0 Å². The minimum atomic E-state index is 0.0137. The zero-order valence-electron chi connectivity index (χ0n) is 16.9. The number of rotatable bonds is 3. The molecule has 0 radical (unpaired) electrons. The molecule has 28 heavy (non-hydrogen) atoms. The number of nitrogens with zero attached hydrogens (tertiary/aromatic N) is 3. The van der Waals surface area contributed by atoms with Crippen LogP contribution in [0.3, 0.4) is 0 Å². The van der Waals surface area contributed by atoms with Crippen LogP contribution in [0.1, 0.15) is 38.5 Å². The zero-order valence-corrected chi connectivity index (χ0v) is 16.9. The molecule has 1 aromatic rings. The second-order valence-electron chi connectivity index (χ2n) is 9.14. The van der Waals surface area contributed by atoms with Gasteiger partial charge in [-0.3, -0.25) is 9.69 Å². The van der Waals surface area contributed by atoms with E-state index in [9.17, 15) is 4.79 Å². The monoisotopic (exact) mass is 383 g/mol. The van der Waals surface area contributed by atoms with Crippen LogP contribution in [0.2, 0.25) is 0 Å². The number of anilines is 1. The Morgan fingerprint density at radius 2 is 1.64 bits per heavy atom. The van der Waals surface area contributed by atoms with Crippen LogP contribution in [-0.2, 0) is 9.53 Å². The van der Waals surface area contributed by atoms with E-state index in [0.717, 1.165) is 84.4 Å². The number of piperidine rings is 1. The van der Waals surface area contributed by atoms with E-state index in [4.69, 9.17) is 4.74 Å². The summed E-state index contributed by atoms with van der Waals surface area (Å²) >= 11 is 0. The van der Waals surface area contributed by atoms with Gasteiger partial charge in [-0.15, -0.1) is 0 Å². The normalized spacial score (nSPS) is 28.5. The molecular formula is C23H33N3O2. The predicted octanol–water partition coefficient (Wildman–Crippen LogP) is 2.76. The molecule has 1 amide bonds. The number of piperazine rings is 1. The first-order valence-electron chi connectivity index (χ1n) is 11.2. The fourth-order valence-corrected chi connectivity index (χ4v) is 5.37. The third-order valence-electron chi connectivity index (χ3n) is 7.33. The Bertz CT molecular complexity index is 674. The number of para-hydroxylation sites is 1. The van der Waals surface area contributed by atoms with Crippen LogP contribution in [0.25, 0.3) is 0 Å². The molecule has 3 heterocycles. The molecule has 3 saturated heterocycles. The number of benzene rings is 1. The summed E-state index contributed by atoms with van der Waals surface area (Å²) in [6.45, 7) is 7.16. The number of hydrogen-bond acceptors (Lipinski definition) is 4. The van der Waals surface area contributed by atoms with E-state index in [2.05, 4.69) is 45.0 Å². The van der Waals surface area contributed by atoms with Crippen molar-refractivity contribution in [3.63, 3.8) is 0 Å². The number of likely N-dealkylation sites (tertiary alicyclic amines) is 1. The number of amides is 1. The Balaban J connectivity index is 1.15. The van der Waals surface area contributed by atoms with Gasteiger partial charge in [0, 0.05) is 63.5 Å². The van der Waals surface area contributed by atoms with Crippen molar-refractivity contribution in [1.29, 1.82) is 0 Å². The van der Waals surface area contributed by atoms with Gasteiger partial charge in [-0.05, 0) is 50.7 Å². The molecule has 0 aromatic heterocycles. The summed E-state index contributed by atoms with van der Waals surface area (Å²) in [4.78, 5) is 19.7. The first-order valence-corrected chi connectivity index (χ1v) is 11.2. The SMILES string of the molecule is O=C(C1CC1)N1CCC2(CC1)C[C@H](N1CCN(c3ccccc3)CC1)CCO2. The second kappa shape index (κ2) is 7.68. The van der Waals surface area contributed by atoms with Gasteiger partial charge >= 0.3 is 0 Å². The largest absolute Gasteiger partial charge is 0.375 e. The lowest BCUT2D eigenvalue weighted by Gasteiger charge is -2.50. The average molecular weight is 384 g/mol. The molecule has 0 bridgehead atoms. The molecule has 3 aliphatic heterocycles. The molecule has 4 aliphatic rings. The third kappa shape index (κ3) is 3.79. The van der Waals surface area contributed by atoms with Gasteiger partial charge < -0.3 is 14.5 Å². The lowest BCUT2D eigenvalue weighted by Crippen LogP contribution is -2.57. The highest BCUT2D eigenvalue weighted by atomic mass is 16.5. The van der Waals surface area contributed by atoms with Crippen molar-refractivity contribution >= 4 is 11.6 Å². The fourth-order valence-electron chi connectivity index (χ4n) is 5.37. The van der Waals surface area contributed by atoms with Gasteiger partial charge in [0.25, 0.3) is 0 Å². The van der Waals surface area contributed by atoms with E-state index in [1.165, 1.54) is 5.69 Å². The summed E-state index contributed by atoms with van der Waals surface area (Å²) in [5.41, 5.74) is 1.36. The third-order valence-corrected chi connectivity index (χ3v) is 7.33. The summed E-state index contributed by atoms with van der Waals surface area (Å²) < 4.78 is 6.35. The van der Waals surface area contributed by atoms with Crippen molar-refractivity contribution in [3.05, 3.63) is 30.3 Å². The highest BCUT2D eigenvalue weighted by Gasteiger charge is 2.44. The van der Waals surface area contributed by atoms with E-state index < -0.39 is 0 Å². The van der Waals surface area contributed by atoms with Gasteiger partial charge in [-0.1, -0.05) is 18.2 Å². The highest BCUT2D eigenvalue weighted by Crippen LogP contribution is 2.39. The lowest BCUT2D eigenvalue weighted by molar-refractivity contribution is -0.150. The quantitative estimate of drug-likeness (QED) is 0.804. The molecule has 1 spiro atoms. The van der Waals surface area contributed by atoms with Gasteiger partial charge in [0.05, 0.1) is 5.60 Å². The van der Waals surface area contributed by atoms with Crippen molar-refractivity contribution in [3.8, 4) is 0 Å². The zero-order chi connectivity index (χ0) is 19.0. The summed E-state index contributed by atoms with van der Waals surface area (Å²) in [6, 6.07) is 11.4. The molecule has 1 aliphatic carbocycles. The molecular weight excluding hydrogens is 350 g/mol. The standard InChI is InChI=1S/C23H33N3O2/c27-22(19-6-7-19)26-11-9-23(10-12-26)18-21(8-17-28-23)25-15-13-24(14-16-25)20-4-2-1-3-5-20/h1-5,19,21H,6-18H2/t21-/m1/s1. The topological polar surface area (TPSA) is 36.0 Å². The van der Waals surface area contributed by atoms with Crippen molar-refractivity contribution in [2.45, 2.75) is 50.2 Å². The predicted molar refractivity (Wildman–Crippen MR) is 110 cm³/mol. The Morgan fingerprint density at radius 1 is 0.929 bits per heavy atom. The minimum absolute atomic E-state index is 0.0137. The van der Waals surface area contributed by atoms with Crippen LogP contribution in [-0.4, -0.2) is 73.2 Å². The van der Waals surface area contributed by atoms with Crippen molar-refractivity contribution in [1.82, 2.24) is 9.80 Å². The van der Waals surface area contributed by atoms with Gasteiger partial charge in [-0.25, -0.2) is 0 Å². The van der Waals surface area contributed by atoms with Crippen LogP contribution in [0, 0.1) is 5.92 Å². The molecule has 1 saturated carbocycles.